The molecule has 0 unspecified atom stereocenters. The number of pyridine rings is 1. The highest BCUT2D eigenvalue weighted by molar-refractivity contribution is 6.01. The lowest BCUT2D eigenvalue weighted by Crippen LogP contribution is -2.47. The van der Waals surface area contributed by atoms with Crippen molar-refractivity contribution in [3.63, 3.8) is 0 Å². The van der Waals surface area contributed by atoms with Crippen molar-refractivity contribution in [3.8, 4) is 0 Å². The standard InChI is InChI=1S/C29H32FN5O.ClH/c1-20-21(2)35(19-23-7-5-4-6-8-23)27-25(20)17-26(29(36)34-15-13-33(3)14-16-34)32-28(27)31-18-22-9-11-24(30)12-10-22;/h4-12,17H,13-16,18-19H2,1-3H3,(H,31,32);1H. The molecule has 6 nitrogen and oxygen atoms in total. The molecular weight excluding hydrogens is 489 g/mol. The van der Waals surface area contributed by atoms with Crippen molar-refractivity contribution in [2.45, 2.75) is 26.9 Å². The average molecular weight is 522 g/mol. The topological polar surface area (TPSA) is 53.4 Å². The number of hydrogen-bond donors (Lipinski definition) is 1. The highest BCUT2D eigenvalue weighted by Crippen LogP contribution is 2.32. The number of carbonyl (C=O) groups excluding carboxylic acids is 1. The number of aryl methyl sites for hydroxylation is 1. The minimum atomic E-state index is -0.262. The first-order valence-electron chi connectivity index (χ1n) is 12.4. The molecule has 0 bridgehead atoms. The number of piperazine rings is 1. The fourth-order valence-corrected chi connectivity index (χ4v) is 4.82. The Morgan fingerprint density at radius 3 is 2.32 bits per heavy atom. The number of fused-ring (bicyclic) bond motifs is 1. The van der Waals surface area contributed by atoms with Crippen LogP contribution < -0.4 is 5.32 Å². The minimum absolute atomic E-state index is 0. The summed E-state index contributed by atoms with van der Waals surface area (Å²) in [6, 6.07) is 18.7. The van der Waals surface area contributed by atoms with Gasteiger partial charge in [-0.15, -0.1) is 12.4 Å². The third-order valence-corrected chi connectivity index (χ3v) is 7.18. The number of nitrogens with zero attached hydrogens (tertiary/aromatic N) is 4. The predicted molar refractivity (Wildman–Crippen MR) is 149 cm³/mol. The maximum absolute atomic E-state index is 13.5. The van der Waals surface area contributed by atoms with E-state index in [1.165, 1.54) is 17.7 Å². The zero-order valence-electron chi connectivity index (χ0n) is 21.5. The zero-order chi connectivity index (χ0) is 25.2. The van der Waals surface area contributed by atoms with Gasteiger partial charge >= 0.3 is 0 Å². The van der Waals surface area contributed by atoms with E-state index in [0.717, 1.165) is 40.8 Å². The van der Waals surface area contributed by atoms with E-state index in [9.17, 15) is 9.18 Å². The number of halogens is 2. The Morgan fingerprint density at radius 2 is 1.65 bits per heavy atom. The second-order valence-electron chi connectivity index (χ2n) is 9.61. The minimum Gasteiger partial charge on any atom is -0.364 e. The van der Waals surface area contributed by atoms with E-state index in [1.807, 2.05) is 29.2 Å². The Balaban J connectivity index is 0.00000320. The first-order chi connectivity index (χ1) is 17.4. The average Bonchev–Trinajstić information content (AvgIpc) is 3.13. The van der Waals surface area contributed by atoms with Crippen LogP contribution in [0, 0.1) is 19.7 Å². The first kappa shape index (κ1) is 26.6. The number of hydrogen-bond acceptors (Lipinski definition) is 4. The lowest BCUT2D eigenvalue weighted by molar-refractivity contribution is 0.0658. The molecule has 3 heterocycles. The molecule has 194 valence electrons. The third kappa shape index (κ3) is 5.63. The Bertz CT molecular complexity index is 1380. The van der Waals surface area contributed by atoms with E-state index >= 15 is 0 Å². The first-order valence-corrected chi connectivity index (χ1v) is 12.4. The molecule has 1 fully saturated rings. The van der Waals surface area contributed by atoms with Crippen molar-refractivity contribution in [1.82, 2.24) is 19.4 Å². The highest BCUT2D eigenvalue weighted by atomic mass is 35.5. The summed E-state index contributed by atoms with van der Waals surface area (Å²) in [6.45, 7) is 8.50. The zero-order valence-corrected chi connectivity index (χ0v) is 22.3. The van der Waals surface area contributed by atoms with Gasteiger partial charge in [-0.25, -0.2) is 9.37 Å². The molecule has 0 saturated carbocycles. The fourth-order valence-electron chi connectivity index (χ4n) is 4.82. The van der Waals surface area contributed by atoms with Crippen molar-refractivity contribution in [3.05, 3.63) is 94.6 Å². The molecule has 37 heavy (non-hydrogen) atoms. The number of carbonyl (C=O) groups is 1. The molecule has 1 aliphatic rings. The van der Waals surface area contributed by atoms with Gasteiger partial charge < -0.3 is 19.7 Å². The molecule has 4 aromatic rings. The maximum atomic E-state index is 13.5. The molecule has 1 amide bonds. The molecule has 0 atom stereocenters. The van der Waals surface area contributed by atoms with Gasteiger partial charge in [-0.3, -0.25) is 4.79 Å². The maximum Gasteiger partial charge on any atom is 0.272 e. The fraction of sp³-hybridized carbons (Fsp3) is 0.310. The molecular formula is C29H33ClFN5O. The summed E-state index contributed by atoms with van der Waals surface area (Å²) in [4.78, 5) is 22.5. The van der Waals surface area contributed by atoms with Crippen molar-refractivity contribution in [2.24, 2.45) is 0 Å². The summed E-state index contributed by atoms with van der Waals surface area (Å²) in [7, 11) is 2.07. The van der Waals surface area contributed by atoms with Crippen LogP contribution in [0.2, 0.25) is 0 Å². The lowest BCUT2D eigenvalue weighted by atomic mass is 10.1. The second kappa shape index (κ2) is 11.3. The Kier molecular flexibility index (Phi) is 8.15. The Labute approximate surface area is 223 Å². The van der Waals surface area contributed by atoms with Gasteiger partial charge in [0.2, 0.25) is 0 Å². The van der Waals surface area contributed by atoms with E-state index in [4.69, 9.17) is 4.98 Å². The molecule has 2 aromatic heterocycles. The molecule has 5 rings (SSSR count). The predicted octanol–water partition coefficient (Wildman–Crippen LogP) is 5.26. The van der Waals surface area contributed by atoms with Gasteiger partial charge in [0.25, 0.3) is 5.91 Å². The summed E-state index contributed by atoms with van der Waals surface area (Å²) in [5.74, 6) is 0.367. The van der Waals surface area contributed by atoms with Gasteiger partial charge in [0, 0.05) is 50.3 Å². The van der Waals surface area contributed by atoms with Crippen LogP contribution in [0.25, 0.3) is 10.9 Å². The SMILES string of the molecule is Cc1c(C)n(Cc2ccccc2)c2c(NCc3ccc(F)cc3)nc(C(=O)N3CCN(C)CC3)cc12.Cl. The van der Waals surface area contributed by atoms with Crippen LogP contribution in [0.15, 0.2) is 60.7 Å². The number of likely N-dealkylation sites (N-methyl/N-ethyl adjacent to an activating group) is 1. The van der Waals surface area contributed by atoms with E-state index in [1.54, 1.807) is 12.1 Å². The molecule has 8 heteroatoms. The summed E-state index contributed by atoms with van der Waals surface area (Å²) < 4.78 is 15.7. The molecule has 0 radical (unpaired) electrons. The van der Waals surface area contributed by atoms with Crippen LogP contribution in [-0.4, -0.2) is 58.5 Å². The van der Waals surface area contributed by atoms with Crippen molar-refractivity contribution < 1.29 is 9.18 Å². The normalized spacial score (nSPS) is 14.0. The van der Waals surface area contributed by atoms with Crippen LogP contribution in [-0.2, 0) is 13.1 Å². The third-order valence-electron chi connectivity index (χ3n) is 7.18. The summed E-state index contributed by atoms with van der Waals surface area (Å²) in [6.07, 6.45) is 0. The summed E-state index contributed by atoms with van der Waals surface area (Å²) in [5, 5.41) is 4.49. The molecule has 1 N–H and O–H groups in total. The number of anilines is 1. The van der Waals surface area contributed by atoms with Crippen LogP contribution in [0.1, 0.15) is 32.9 Å². The van der Waals surface area contributed by atoms with Gasteiger partial charge in [-0.05, 0) is 55.8 Å². The van der Waals surface area contributed by atoms with Gasteiger partial charge in [-0.1, -0.05) is 42.5 Å². The lowest BCUT2D eigenvalue weighted by Gasteiger charge is -2.32. The van der Waals surface area contributed by atoms with E-state index < -0.39 is 0 Å². The van der Waals surface area contributed by atoms with E-state index in [-0.39, 0.29) is 24.1 Å². The Morgan fingerprint density at radius 1 is 0.973 bits per heavy atom. The molecule has 2 aromatic carbocycles. The monoisotopic (exact) mass is 521 g/mol. The highest BCUT2D eigenvalue weighted by Gasteiger charge is 2.25. The van der Waals surface area contributed by atoms with Gasteiger partial charge in [0.15, 0.2) is 5.82 Å². The van der Waals surface area contributed by atoms with Crippen LogP contribution in [0.3, 0.4) is 0 Å². The smallest absolute Gasteiger partial charge is 0.272 e. The van der Waals surface area contributed by atoms with Gasteiger partial charge in [-0.2, -0.15) is 0 Å². The molecule has 1 aliphatic heterocycles. The van der Waals surface area contributed by atoms with Crippen molar-refractivity contribution in [1.29, 1.82) is 0 Å². The molecule has 0 aliphatic carbocycles. The quantitative estimate of drug-likeness (QED) is 0.376. The van der Waals surface area contributed by atoms with Gasteiger partial charge in [0.1, 0.15) is 11.5 Å². The number of aromatic nitrogens is 2. The number of nitrogens with one attached hydrogen (secondary N) is 1. The Hall–Kier alpha value is -3.42. The van der Waals surface area contributed by atoms with Crippen LogP contribution in [0.4, 0.5) is 10.2 Å². The number of rotatable bonds is 6. The number of benzene rings is 2. The van der Waals surface area contributed by atoms with Crippen LogP contribution >= 0.6 is 12.4 Å². The molecule has 1 saturated heterocycles. The van der Waals surface area contributed by atoms with E-state index in [2.05, 4.69) is 47.8 Å². The summed E-state index contributed by atoms with van der Waals surface area (Å²) >= 11 is 0. The van der Waals surface area contributed by atoms with E-state index in [0.29, 0.717) is 37.7 Å². The number of amides is 1. The largest absolute Gasteiger partial charge is 0.364 e. The van der Waals surface area contributed by atoms with Crippen molar-refractivity contribution in [2.75, 3.05) is 38.5 Å². The summed E-state index contributed by atoms with van der Waals surface area (Å²) in [5.41, 5.74) is 5.85. The van der Waals surface area contributed by atoms with Crippen LogP contribution in [0.5, 0.6) is 0 Å². The van der Waals surface area contributed by atoms with Gasteiger partial charge in [0.05, 0.1) is 5.52 Å². The molecule has 0 spiro atoms. The van der Waals surface area contributed by atoms with Crippen molar-refractivity contribution >= 4 is 35.0 Å². The second-order valence-corrected chi connectivity index (χ2v) is 9.61.